The lowest BCUT2D eigenvalue weighted by Gasteiger charge is -2.08. The zero-order chi connectivity index (χ0) is 13.2. The molecule has 0 atom stereocenters. The van der Waals surface area contributed by atoms with Crippen LogP contribution in [0.2, 0.25) is 0 Å². The van der Waals surface area contributed by atoms with E-state index < -0.39 is 11.7 Å². The molecular weight excluding hydrogens is 263 g/mol. The molecule has 0 N–H and O–H groups in total. The summed E-state index contributed by atoms with van der Waals surface area (Å²) in [5, 5.41) is 9.00. The van der Waals surface area contributed by atoms with Crippen molar-refractivity contribution in [2.75, 3.05) is 0 Å². The Hall–Kier alpha value is -2.00. The van der Waals surface area contributed by atoms with Crippen LogP contribution in [-0.2, 0) is 6.18 Å². The fraction of sp³-hybridized carbons (Fsp3) is 0.0833. The molecule has 1 aromatic heterocycles. The van der Waals surface area contributed by atoms with Crippen LogP contribution >= 0.6 is 11.3 Å². The molecule has 0 amide bonds. The summed E-state index contributed by atoms with van der Waals surface area (Å²) in [4.78, 5) is 0.442. The van der Waals surface area contributed by atoms with E-state index in [1.807, 2.05) is 6.07 Å². The van der Waals surface area contributed by atoms with Crippen molar-refractivity contribution in [1.82, 2.24) is 0 Å². The van der Waals surface area contributed by atoms with Crippen molar-refractivity contribution in [1.29, 1.82) is 5.26 Å². The largest absolute Gasteiger partial charge is 0.447 e. The molecule has 1 heterocycles. The smallest absolute Gasteiger partial charge is 0.416 e. The standard InChI is InChI=1S/C12H6F3NOS/c13-12(14,15)8-2-1-3-9(6-8)17-11-5-4-10(7-16)18-11/h1-6H. The van der Waals surface area contributed by atoms with Crippen LogP contribution in [0.15, 0.2) is 36.4 Å². The quantitative estimate of drug-likeness (QED) is 0.807. The molecular formula is C12H6F3NOS. The van der Waals surface area contributed by atoms with Gasteiger partial charge in [-0.05, 0) is 30.3 Å². The van der Waals surface area contributed by atoms with Crippen molar-refractivity contribution in [3.05, 3.63) is 46.8 Å². The first kappa shape index (κ1) is 12.5. The van der Waals surface area contributed by atoms with Gasteiger partial charge in [0.1, 0.15) is 16.7 Å². The lowest BCUT2D eigenvalue weighted by atomic mass is 10.2. The highest BCUT2D eigenvalue weighted by Crippen LogP contribution is 2.34. The third kappa shape index (κ3) is 2.81. The maximum atomic E-state index is 12.5. The fourth-order valence-corrected chi connectivity index (χ4v) is 1.96. The van der Waals surface area contributed by atoms with Crippen molar-refractivity contribution in [2.24, 2.45) is 0 Å². The Morgan fingerprint density at radius 1 is 1.17 bits per heavy atom. The molecule has 0 bridgehead atoms. The first-order valence-corrected chi connectivity index (χ1v) is 5.66. The van der Waals surface area contributed by atoms with Gasteiger partial charge >= 0.3 is 6.18 Å². The summed E-state index contributed by atoms with van der Waals surface area (Å²) in [5.74, 6) is 0.0937. The van der Waals surface area contributed by atoms with Gasteiger partial charge in [-0.1, -0.05) is 17.4 Å². The highest BCUT2D eigenvalue weighted by Gasteiger charge is 2.30. The van der Waals surface area contributed by atoms with Gasteiger partial charge in [0.2, 0.25) is 0 Å². The average molecular weight is 269 g/mol. The number of benzene rings is 1. The lowest BCUT2D eigenvalue weighted by Crippen LogP contribution is -2.04. The minimum absolute atomic E-state index is 0.0937. The number of thiophene rings is 1. The zero-order valence-corrected chi connectivity index (χ0v) is 9.68. The molecule has 0 aliphatic heterocycles. The van der Waals surface area contributed by atoms with Gasteiger partial charge in [-0.3, -0.25) is 0 Å². The van der Waals surface area contributed by atoms with Gasteiger partial charge in [0.15, 0.2) is 5.06 Å². The van der Waals surface area contributed by atoms with E-state index in [0.717, 1.165) is 23.5 Å². The first-order chi connectivity index (χ1) is 8.49. The predicted molar refractivity (Wildman–Crippen MR) is 60.6 cm³/mol. The molecule has 0 radical (unpaired) electrons. The molecule has 0 unspecified atom stereocenters. The maximum Gasteiger partial charge on any atom is 0.416 e. The second-order valence-electron chi connectivity index (χ2n) is 3.36. The van der Waals surface area contributed by atoms with E-state index >= 15 is 0 Å². The molecule has 0 saturated carbocycles. The van der Waals surface area contributed by atoms with Crippen molar-refractivity contribution in [3.8, 4) is 16.9 Å². The van der Waals surface area contributed by atoms with Gasteiger partial charge in [-0.25, -0.2) is 0 Å². The SMILES string of the molecule is N#Cc1ccc(Oc2cccc(C(F)(F)F)c2)s1. The normalized spacial score (nSPS) is 11.0. The summed E-state index contributed by atoms with van der Waals surface area (Å²) in [6.45, 7) is 0. The molecule has 0 aliphatic carbocycles. The summed E-state index contributed by atoms with van der Waals surface area (Å²) in [6.07, 6.45) is -4.40. The van der Waals surface area contributed by atoms with Crippen molar-refractivity contribution >= 4 is 11.3 Å². The van der Waals surface area contributed by atoms with Crippen LogP contribution in [0.3, 0.4) is 0 Å². The molecule has 0 spiro atoms. The molecule has 2 rings (SSSR count). The Balaban J connectivity index is 2.22. The second-order valence-corrected chi connectivity index (χ2v) is 4.40. The van der Waals surface area contributed by atoms with E-state index in [1.165, 1.54) is 12.1 Å². The Morgan fingerprint density at radius 3 is 2.56 bits per heavy atom. The van der Waals surface area contributed by atoms with E-state index in [1.54, 1.807) is 12.1 Å². The highest BCUT2D eigenvalue weighted by atomic mass is 32.1. The summed E-state index contributed by atoms with van der Waals surface area (Å²) in [5.41, 5.74) is -0.767. The highest BCUT2D eigenvalue weighted by molar-refractivity contribution is 7.14. The molecule has 0 saturated heterocycles. The molecule has 92 valence electrons. The van der Waals surface area contributed by atoms with Crippen molar-refractivity contribution in [3.63, 3.8) is 0 Å². The Bertz CT molecular complexity index is 598. The van der Waals surface area contributed by atoms with Crippen LogP contribution in [0.25, 0.3) is 0 Å². The predicted octanol–water partition coefficient (Wildman–Crippen LogP) is 4.43. The number of hydrogen-bond acceptors (Lipinski definition) is 3. The molecule has 0 aliphatic rings. The minimum atomic E-state index is -4.40. The lowest BCUT2D eigenvalue weighted by molar-refractivity contribution is -0.137. The minimum Gasteiger partial charge on any atom is -0.447 e. The van der Waals surface area contributed by atoms with Gasteiger partial charge in [0.25, 0.3) is 0 Å². The van der Waals surface area contributed by atoms with Crippen LogP contribution in [0, 0.1) is 11.3 Å². The van der Waals surface area contributed by atoms with E-state index in [-0.39, 0.29) is 5.75 Å². The van der Waals surface area contributed by atoms with Crippen LogP contribution < -0.4 is 4.74 Å². The molecule has 18 heavy (non-hydrogen) atoms. The van der Waals surface area contributed by atoms with E-state index in [2.05, 4.69) is 0 Å². The van der Waals surface area contributed by atoms with Crippen LogP contribution in [0.5, 0.6) is 10.8 Å². The third-order valence-corrected chi connectivity index (χ3v) is 2.94. The number of ether oxygens (including phenoxy) is 1. The second kappa shape index (κ2) is 4.70. The van der Waals surface area contributed by atoms with Crippen LogP contribution in [0.4, 0.5) is 13.2 Å². The summed E-state index contributed by atoms with van der Waals surface area (Å²) < 4.78 is 42.7. The topological polar surface area (TPSA) is 33.0 Å². The van der Waals surface area contributed by atoms with Crippen molar-refractivity contribution in [2.45, 2.75) is 6.18 Å². The van der Waals surface area contributed by atoms with Gasteiger partial charge in [-0.15, -0.1) is 0 Å². The van der Waals surface area contributed by atoms with Gasteiger partial charge in [-0.2, -0.15) is 18.4 Å². The molecule has 1 aromatic carbocycles. The summed E-state index contributed by atoms with van der Waals surface area (Å²) in [6, 6.07) is 9.62. The average Bonchev–Trinajstić information content (AvgIpc) is 2.76. The van der Waals surface area contributed by atoms with Crippen LogP contribution in [-0.4, -0.2) is 0 Å². The Morgan fingerprint density at radius 2 is 1.94 bits per heavy atom. The third-order valence-electron chi connectivity index (χ3n) is 2.07. The number of hydrogen-bond donors (Lipinski definition) is 0. The summed E-state index contributed by atoms with van der Waals surface area (Å²) >= 11 is 1.08. The number of alkyl halides is 3. The molecule has 2 nitrogen and oxygen atoms in total. The molecule has 2 aromatic rings. The Labute approximate surface area is 105 Å². The molecule has 0 fully saturated rings. The number of nitriles is 1. The first-order valence-electron chi connectivity index (χ1n) is 4.84. The van der Waals surface area contributed by atoms with Crippen LogP contribution in [0.1, 0.15) is 10.4 Å². The number of nitrogens with zero attached hydrogens (tertiary/aromatic N) is 1. The van der Waals surface area contributed by atoms with Gasteiger partial charge in [0, 0.05) is 0 Å². The zero-order valence-electron chi connectivity index (χ0n) is 8.86. The molecule has 6 heteroatoms. The van der Waals surface area contributed by atoms with Gasteiger partial charge in [0.05, 0.1) is 5.56 Å². The van der Waals surface area contributed by atoms with Crippen molar-refractivity contribution < 1.29 is 17.9 Å². The monoisotopic (exact) mass is 269 g/mol. The van der Waals surface area contributed by atoms with Gasteiger partial charge < -0.3 is 4.74 Å². The number of rotatable bonds is 2. The van der Waals surface area contributed by atoms with E-state index in [4.69, 9.17) is 10.00 Å². The Kier molecular flexibility index (Phi) is 3.26. The maximum absolute atomic E-state index is 12.5. The number of halogens is 3. The van der Waals surface area contributed by atoms with E-state index in [9.17, 15) is 13.2 Å². The van der Waals surface area contributed by atoms with E-state index in [0.29, 0.717) is 9.94 Å². The summed E-state index contributed by atoms with van der Waals surface area (Å²) in [7, 11) is 0. The fourth-order valence-electron chi connectivity index (χ4n) is 1.29.